The lowest BCUT2D eigenvalue weighted by molar-refractivity contribution is -0.127. The molecule has 0 N–H and O–H groups in total. The highest BCUT2D eigenvalue weighted by Crippen LogP contribution is 2.40. The van der Waals surface area contributed by atoms with Gasteiger partial charge in [-0.1, -0.05) is 6.08 Å². The topological polar surface area (TPSA) is 60.4 Å². The summed E-state index contributed by atoms with van der Waals surface area (Å²) in [6, 6.07) is 0. The minimum atomic E-state index is -3.51. The van der Waals surface area contributed by atoms with Crippen LogP contribution in [0.15, 0.2) is 12.7 Å². The molecule has 0 radical (unpaired) electrons. The van der Waals surface area contributed by atoms with Crippen LogP contribution < -0.4 is 0 Å². The average Bonchev–Trinajstić information content (AvgIpc) is 2.31. The fourth-order valence-electron chi connectivity index (χ4n) is 1.96. The van der Waals surface area contributed by atoms with Crippen molar-refractivity contribution in [1.29, 1.82) is 0 Å². The predicted molar refractivity (Wildman–Crippen MR) is 56.9 cm³/mol. The molecular weight excluding hydrogens is 216 g/mol. The van der Waals surface area contributed by atoms with Crippen LogP contribution in [-0.4, -0.2) is 26.6 Å². The van der Waals surface area contributed by atoms with Crippen molar-refractivity contribution in [2.24, 2.45) is 5.41 Å². The monoisotopic (exact) mass is 232 g/mol. The SMILES string of the molecule is C=CC[C@]1(C)C(=O)CC[C@@H]1OS(C)(=O)=O. The molecule has 0 saturated heterocycles. The van der Waals surface area contributed by atoms with Crippen molar-refractivity contribution in [3.8, 4) is 0 Å². The van der Waals surface area contributed by atoms with Crippen LogP contribution in [0.1, 0.15) is 26.2 Å². The normalized spacial score (nSPS) is 31.9. The standard InChI is InChI=1S/C10H16O4S/c1-4-7-10(2)8(11)5-6-9(10)14-15(3,12)13/h4,9H,1,5-7H2,2-3H3/t9-,10+/m0/s1. The molecule has 86 valence electrons. The Kier molecular flexibility index (Phi) is 3.35. The quantitative estimate of drug-likeness (QED) is 0.541. The summed E-state index contributed by atoms with van der Waals surface area (Å²) in [5.41, 5.74) is -0.731. The summed E-state index contributed by atoms with van der Waals surface area (Å²) in [7, 11) is -3.51. The minimum Gasteiger partial charge on any atom is -0.299 e. The predicted octanol–water partition coefficient (Wildman–Crippen LogP) is 1.28. The number of carbonyl (C=O) groups is 1. The zero-order valence-electron chi connectivity index (χ0n) is 9.02. The van der Waals surface area contributed by atoms with Gasteiger partial charge in [0.1, 0.15) is 5.78 Å². The Labute approximate surface area is 90.4 Å². The lowest BCUT2D eigenvalue weighted by Crippen LogP contribution is -2.35. The van der Waals surface area contributed by atoms with Gasteiger partial charge in [0.05, 0.1) is 17.8 Å². The van der Waals surface area contributed by atoms with Gasteiger partial charge in [0.25, 0.3) is 10.1 Å². The Morgan fingerprint density at radius 2 is 2.27 bits per heavy atom. The van der Waals surface area contributed by atoms with Crippen LogP contribution in [-0.2, 0) is 19.1 Å². The highest BCUT2D eigenvalue weighted by molar-refractivity contribution is 7.86. The fourth-order valence-corrected chi connectivity index (χ4v) is 2.69. The zero-order chi connectivity index (χ0) is 11.7. The molecule has 0 spiro atoms. The largest absolute Gasteiger partial charge is 0.299 e. The second kappa shape index (κ2) is 4.06. The molecule has 0 unspecified atom stereocenters. The van der Waals surface area contributed by atoms with Gasteiger partial charge in [0, 0.05) is 6.42 Å². The molecule has 0 bridgehead atoms. The Balaban J connectivity index is 2.90. The smallest absolute Gasteiger partial charge is 0.264 e. The minimum absolute atomic E-state index is 0.0519. The van der Waals surface area contributed by atoms with Crippen LogP contribution >= 0.6 is 0 Å². The van der Waals surface area contributed by atoms with Crippen molar-refractivity contribution in [2.75, 3.05) is 6.26 Å². The molecule has 0 amide bonds. The highest BCUT2D eigenvalue weighted by atomic mass is 32.2. The first-order valence-corrected chi connectivity index (χ1v) is 6.64. The van der Waals surface area contributed by atoms with Crippen molar-refractivity contribution < 1.29 is 17.4 Å². The molecule has 0 aromatic heterocycles. The van der Waals surface area contributed by atoms with Crippen LogP contribution in [0.2, 0.25) is 0 Å². The van der Waals surface area contributed by atoms with Crippen molar-refractivity contribution >= 4 is 15.9 Å². The van der Waals surface area contributed by atoms with Crippen molar-refractivity contribution in [1.82, 2.24) is 0 Å². The van der Waals surface area contributed by atoms with E-state index in [4.69, 9.17) is 4.18 Å². The number of hydrogen-bond acceptors (Lipinski definition) is 4. The summed E-state index contributed by atoms with van der Waals surface area (Å²) < 4.78 is 27.0. The van der Waals surface area contributed by atoms with E-state index in [0.29, 0.717) is 19.3 Å². The Hall–Kier alpha value is -0.680. The lowest BCUT2D eigenvalue weighted by Gasteiger charge is -2.27. The van der Waals surface area contributed by atoms with E-state index in [1.807, 2.05) is 0 Å². The number of rotatable bonds is 4. The molecule has 0 heterocycles. The molecule has 2 atom stereocenters. The third-order valence-electron chi connectivity index (χ3n) is 2.84. The van der Waals surface area contributed by atoms with E-state index in [0.717, 1.165) is 6.26 Å². The summed E-state index contributed by atoms with van der Waals surface area (Å²) in [5.74, 6) is 0.0519. The van der Waals surface area contributed by atoms with Gasteiger partial charge < -0.3 is 0 Å². The Bertz CT molecular complexity index is 371. The van der Waals surface area contributed by atoms with E-state index in [1.54, 1.807) is 13.0 Å². The molecule has 5 heteroatoms. The molecular formula is C10H16O4S. The van der Waals surface area contributed by atoms with Gasteiger partial charge >= 0.3 is 0 Å². The number of allylic oxidation sites excluding steroid dienone is 1. The second-order valence-corrected chi connectivity index (χ2v) is 5.76. The molecule has 1 aliphatic rings. The van der Waals surface area contributed by atoms with Gasteiger partial charge in [0.2, 0.25) is 0 Å². The maximum Gasteiger partial charge on any atom is 0.264 e. The zero-order valence-corrected chi connectivity index (χ0v) is 9.84. The highest BCUT2D eigenvalue weighted by Gasteiger charge is 2.47. The molecule has 0 aromatic carbocycles. The van der Waals surface area contributed by atoms with Gasteiger partial charge in [-0.2, -0.15) is 8.42 Å². The number of Topliss-reactive ketones (excluding diaryl/α,β-unsaturated/α-hetero) is 1. The summed E-state index contributed by atoms with van der Waals surface area (Å²) in [6.45, 7) is 5.31. The summed E-state index contributed by atoms with van der Waals surface area (Å²) >= 11 is 0. The maximum atomic E-state index is 11.7. The van der Waals surface area contributed by atoms with E-state index < -0.39 is 21.6 Å². The molecule has 1 aliphatic carbocycles. The summed E-state index contributed by atoms with van der Waals surface area (Å²) in [6.07, 6.45) is 3.39. The first kappa shape index (κ1) is 12.4. The van der Waals surface area contributed by atoms with Crippen LogP contribution in [0.25, 0.3) is 0 Å². The third kappa shape index (κ3) is 2.66. The molecule has 4 nitrogen and oxygen atoms in total. The fraction of sp³-hybridized carbons (Fsp3) is 0.700. The van der Waals surface area contributed by atoms with E-state index >= 15 is 0 Å². The van der Waals surface area contributed by atoms with Gasteiger partial charge in [0.15, 0.2) is 0 Å². The molecule has 1 fully saturated rings. The Morgan fingerprint density at radius 3 is 2.73 bits per heavy atom. The first-order valence-electron chi connectivity index (χ1n) is 4.82. The molecule has 0 aliphatic heterocycles. The summed E-state index contributed by atoms with van der Waals surface area (Å²) in [4.78, 5) is 11.7. The van der Waals surface area contributed by atoms with E-state index in [1.165, 1.54) is 0 Å². The molecule has 1 rings (SSSR count). The van der Waals surface area contributed by atoms with Gasteiger partial charge in [-0.15, -0.1) is 6.58 Å². The van der Waals surface area contributed by atoms with Crippen molar-refractivity contribution in [3.63, 3.8) is 0 Å². The molecule has 0 aromatic rings. The second-order valence-electron chi connectivity index (χ2n) is 4.16. The van der Waals surface area contributed by atoms with Crippen LogP contribution in [0.5, 0.6) is 0 Å². The van der Waals surface area contributed by atoms with Crippen LogP contribution in [0.4, 0.5) is 0 Å². The van der Waals surface area contributed by atoms with E-state index in [9.17, 15) is 13.2 Å². The summed E-state index contributed by atoms with van der Waals surface area (Å²) in [5, 5.41) is 0. The lowest BCUT2D eigenvalue weighted by atomic mass is 9.82. The first-order chi connectivity index (χ1) is 6.79. The molecule has 1 saturated carbocycles. The van der Waals surface area contributed by atoms with E-state index in [-0.39, 0.29) is 5.78 Å². The number of carbonyl (C=O) groups excluding carboxylic acids is 1. The Morgan fingerprint density at radius 1 is 1.67 bits per heavy atom. The average molecular weight is 232 g/mol. The van der Waals surface area contributed by atoms with Gasteiger partial charge in [-0.25, -0.2) is 0 Å². The van der Waals surface area contributed by atoms with Crippen LogP contribution in [0, 0.1) is 5.41 Å². The van der Waals surface area contributed by atoms with Gasteiger partial charge in [-0.05, 0) is 19.8 Å². The van der Waals surface area contributed by atoms with E-state index in [2.05, 4.69) is 6.58 Å². The number of hydrogen-bond donors (Lipinski definition) is 0. The van der Waals surface area contributed by atoms with Crippen molar-refractivity contribution in [3.05, 3.63) is 12.7 Å². The van der Waals surface area contributed by atoms with Crippen molar-refractivity contribution in [2.45, 2.75) is 32.3 Å². The maximum absolute atomic E-state index is 11.7. The van der Waals surface area contributed by atoms with Gasteiger partial charge in [-0.3, -0.25) is 8.98 Å². The number of ketones is 1. The molecule has 15 heavy (non-hydrogen) atoms. The van der Waals surface area contributed by atoms with Crippen LogP contribution in [0.3, 0.4) is 0 Å². The third-order valence-corrected chi connectivity index (χ3v) is 3.42.